The molecule has 1 saturated heterocycles. The molecule has 2 aliphatic rings. The second-order valence-electron chi connectivity index (χ2n) is 6.64. The normalized spacial score (nSPS) is 21.8. The lowest BCUT2D eigenvalue weighted by molar-refractivity contribution is 0.0385. The summed E-state index contributed by atoms with van der Waals surface area (Å²) in [5.41, 5.74) is 2.43. The maximum atomic E-state index is 5.94. The van der Waals surface area contributed by atoms with Crippen molar-refractivity contribution in [2.75, 3.05) is 26.4 Å². The number of fused-ring (bicyclic) bond motifs is 1. The van der Waals surface area contributed by atoms with Crippen LogP contribution in [0.1, 0.15) is 36.0 Å². The van der Waals surface area contributed by atoms with Crippen molar-refractivity contribution in [3.05, 3.63) is 41.6 Å². The van der Waals surface area contributed by atoms with Crippen LogP contribution < -0.4 is 5.32 Å². The lowest BCUT2D eigenvalue weighted by Crippen LogP contribution is -2.27. The van der Waals surface area contributed by atoms with E-state index < -0.39 is 0 Å². The minimum absolute atomic E-state index is 0.0275. The van der Waals surface area contributed by atoms with Crippen LogP contribution in [0.5, 0.6) is 0 Å². The Morgan fingerprint density at radius 1 is 1.25 bits per heavy atom. The molecule has 0 radical (unpaired) electrons. The van der Waals surface area contributed by atoms with E-state index in [4.69, 9.17) is 19.0 Å². The molecule has 2 aliphatic heterocycles. The summed E-state index contributed by atoms with van der Waals surface area (Å²) in [6.45, 7) is 4.99. The van der Waals surface area contributed by atoms with E-state index in [0.29, 0.717) is 12.5 Å². The fourth-order valence-corrected chi connectivity index (χ4v) is 3.51. The summed E-state index contributed by atoms with van der Waals surface area (Å²) in [4.78, 5) is 0. The highest BCUT2D eigenvalue weighted by molar-refractivity contribution is 5.22. The Balaban J connectivity index is 1.36. The quantitative estimate of drug-likeness (QED) is 0.880. The van der Waals surface area contributed by atoms with Crippen molar-refractivity contribution in [3.63, 3.8) is 0 Å². The third-order valence-electron chi connectivity index (χ3n) is 4.86. The first-order valence-electron chi connectivity index (χ1n) is 8.87. The monoisotopic (exact) mass is 331 g/mol. The van der Waals surface area contributed by atoms with Gasteiger partial charge in [0.1, 0.15) is 11.9 Å². The SMILES string of the molecule is c1coc(CNCC2OCCc3cn(CC4CCOCC4)nc32)c1. The van der Waals surface area contributed by atoms with Crippen LogP contribution in [-0.2, 0) is 29.0 Å². The van der Waals surface area contributed by atoms with E-state index in [1.165, 1.54) is 5.56 Å². The van der Waals surface area contributed by atoms with Gasteiger partial charge in [-0.05, 0) is 42.9 Å². The van der Waals surface area contributed by atoms with Gasteiger partial charge in [-0.3, -0.25) is 4.68 Å². The molecule has 24 heavy (non-hydrogen) atoms. The van der Waals surface area contributed by atoms with Gasteiger partial charge in [-0.15, -0.1) is 0 Å². The Morgan fingerprint density at radius 3 is 3.00 bits per heavy atom. The van der Waals surface area contributed by atoms with Crippen LogP contribution >= 0.6 is 0 Å². The van der Waals surface area contributed by atoms with Crippen molar-refractivity contribution in [3.8, 4) is 0 Å². The van der Waals surface area contributed by atoms with Gasteiger partial charge in [0.15, 0.2) is 0 Å². The third kappa shape index (κ3) is 3.71. The van der Waals surface area contributed by atoms with Crippen molar-refractivity contribution in [1.82, 2.24) is 15.1 Å². The first kappa shape index (κ1) is 15.9. The molecule has 4 heterocycles. The Kier molecular flexibility index (Phi) is 4.96. The third-order valence-corrected chi connectivity index (χ3v) is 4.86. The van der Waals surface area contributed by atoms with E-state index in [1.54, 1.807) is 6.26 Å². The van der Waals surface area contributed by atoms with Gasteiger partial charge in [-0.1, -0.05) is 0 Å². The molecule has 1 unspecified atom stereocenters. The Bertz CT molecular complexity index is 632. The molecule has 130 valence electrons. The van der Waals surface area contributed by atoms with Crippen molar-refractivity contribution in [2.24, 2.45) is 5.92 Å². The molecule has 0 aromatic carbocycles. The van der Waals surface area contributed by atoms with Crippen LogP contribution in [0.15, 0.2) is 29.0 Å². The Morgan fingerprint density at radius 2 is 2.17 bits per heavy atom. The molecule has 0 bridgehead atoms. The maximum Gasteiger partial charge on any atom is 0.117 e. The number of hydrogen-bond acceptors (Lipinski definition) is 5. The highest BCUT2D eigenvalue weighted by Crippen LogP contribution is 2.26. The number of ether oxygens (including phenoxy) is 2. The van der Waals surface area contributed by atoms with Crippen LogP contribution in [0.4, 0.5) is 0 Å². The number of rotatable bonds is 6. The Hall–Kier alpha value is -1.63. The van der Waals surface area contributed by atoms with Crippen LogP contribution in [0, 0.1) is 5.92 Å². The van der Waals surface area contributed by atoms with Crippen molar-refractivity contribution in [2.45, 2.75) is 38.5 Å². The summed E-state index contributed by atoms with van der Waals surface area (Å²) in [5, 5.41) is 8.23. The molecule has 2 aromatic heterocycles. The fraction of sp³-hybridized carbons (Fsp3) is 0.611. The second kappa shape index (κ2) is 7.51. The van der Waals surface area contributed by atoms with Gasteiger partial charge in [0.2, 0.25) is 0 Å². The minimum atomic E-state index is 0.0275. The molecule has 1 fully saturated rings. The summed E-state index contributed by atoms with van der Waals surface area (Å²) >= 11 is 0. The summed E-state index contributed by atoms with van der Waals surface area (Å²) in [7, 11) is 0. The second-order valence-corrected chi connectivity index (χ2v) is 6.64. The predicted octanol–water partition coefficient (Wildman–Crippen LogP) is 2.31. The topological polar surface area (TPSA) is 61.5 Å². The van der Waals surface area contributed by atoms with E-state index in [0.717, 1.165) is 63.6 Å². The summed E-state index contributed by atoms with van der Waals surface area (Å²) < 4.78 is 18.9. The van der Waals surface area contributed by atoms with E-state index >= 15 is 0 Å². The molecule has 0 aliphatic carbocycles. The zero-order valence-corrected chi connectivity index (χ0v) is 13.9. The summed E-state index contributed by atoms with van der Waals surface area (Å²) in [5.74, 6) is 1.62. The number of furan rings is 1. The standard InChI is InChI=1S/C18H25N3O3/c1-2-16(23-6-1)10-19-11-17-18-15(5-9-24-17)13-21(20-18)12-14-3-7-22-8-4-14/h1-2,6,13-14,17,19H,3-5,7-12H2. The molecule has 1 N–H and O–H groups in total. The number of nitrogens with zero attached hydrogens (tertiary/aromatic N) is 2. The average Bonchev–Trinajstić information content (AvgIpc) is 3.25. The lowest BCUT2D eigenvalue weighted by atomic mass is 10.0. The average molecular weight is 331 g/mol. The zero-order chi connectivity index (χ0) is 16.2. The van der Waals surface area contributed by atoms with Gasteiger partial charge < -0.3 is 19.2 Å². The summed E-state index contributed by atoms with van der Waals surface area (Å²) in [6.07, 6.45) is 7.17. The van der Waals surface area contributed by atoms with Crippen LogP contribution in [0.2, 0.25) is 0 Å². The first-order chi connectivity index (χ1) is 11.9. The van der Waals surface area contributed by atoms with E-state index in [9.17, 15) is 0 Å². The van der Waals surface area contributed by atoms with E-state index in [2.05, 4.69) is 16.2 Å². The molecule has 6 nitrogen and oxygen atoms in total. The Labute approximate surface area is 142 Å². The first-order valence-corrected chi connectivity index (χ1v) is 8.87. The molecule has 0 saturated carbocycles. The number of hydrogen-bond donors (Lipinski definition) is 1. The van der Waals surface area contributed by atoms with Gasteiger partial charge in [0.25, 0.3) is 0 Å². The highest BCUT2D eigenvalue weighted by Gasteiger charge is 2.25. The van der Waals surface area contributed by atoms with Gasteiger partial charge in [-0.25, -0.2) is 0 Å². The van der Waals surface area contributed by atoms with Gasteiger partial charge in [-0.2, -0.15) is 5.10 Å². The largest absolute Gasteiger partial charge is 0.468 e. The molecular weight excluding hydrogens is 306 g/mol. The highest BCUT2D eigenvalue weighted by atomic mass is 16.5. The predicted molar refractivity (Wildman–Crippen MR) is 88.6 cm³/mol. The smallest absolute Gasteiger partial charge is 0.117 e. The number of nitrogens with one attached hydrogen (secondary N) is 1. The summed E-state index contributed by atoms with van der Waals surface area (Å²) in [6, 6.07) is 3.88. The van der Waals surface area contributed by atoms with Crippen molar-refractivity contribution >= 4 is 0 Å². The van der Waals surface area contributed by atoms with Crippen LogP contribution in [0.3, 0.4) is 0 Å². The fourth-order valence-electron chi connectivity index (χ4n) is 3.51. The van der Waals surface area contributed by atoms with E-state index in [1.807, 2.05) is 12.1 Å². The molecule has 1 atom stereocenters. The van der Waals surface area contributed by atoms with Gasteiger partial charge in [0, 0.05) is 32.5 Å². The minimum Gasteiger partial charge on any atom is -0.468 e. The van der Waals surface area contributed by atoms with Crippen molar-refractivity contribution < 1.29 is 13.9 Å². The molecule has 4 rings (SSSR count). The maximum absolute atomic E-state index is 5.94. The van der Waals surface area contributed by atoms with Gasteiger partial charge >= 0.3 is 0 Å². The van der Waals surface area contributed by atoms with Gasteiger partial charge in [0.05, 0.1) is 25.1 Å². The number of aromatic nitrogens is 2. The van der Waals surface area contributed by atoms with Crippen LogP contribution in [0.25, 0.3) is 0 Å². The molecule has 2 aromatic rings. The van der Waals surface area contributed by atoms with Crippen molar-refractivity contribution in [1.29, 1.82) is 0 Å². The molecule has 0 amide bonds. The van der Waals surface area contributed by atoms with E-state index in [-0.39, 0.29) is 6.10 Å². The molecular formula is C18H25N3O3. The van der Waals surface area contributed by atoms with Crippen LogP contribution in [-0.4, -0.2) is 36.1 Å². The zero-order valence-electron chi connectivity index (χ0n) is 13.9. The molecule has 6 heteroatoms. The lowest BCUT2D eigenvalue weighted by Gasteiger charge is -2.22. The molecule has 0 spiro atoms.